The van der Waals surface area contributed by atoms with Crippen molar-refractivity contribution in [2.24, 2.45) is 11.1 Å². The lowest BCUT2D eigenvalue weighted by atomic mass is 9.87. The number of nitrogens with one attached hydrogen (secondary N) is 2. The van der Waals surface area contributed by atoms with Crippen molar-refractivity contribution in [2.75, 3.05) is 12.4 Å². The molecular weight excluding hydrogens is 496 g/mol. The van der Waals surface area contributed by atoms with Crippen LogP contribution in [0, 0.1) is 16.7 Å². The van der Waals surface area contributed by atoms with E-state index < -0.39 is 5.41 Å². The molecule has 9 nitrogen and oxygen atoms in total. The van der Waals surface area contributed by atoms with E-state index in [1.807, 2.05) is 19.1 Å². The van der Waals surface area contributed by atoms with Gasteiger partial charge in [0.15, 0.2) is 5.65 Å². The van der Waals surface area contributed by atoms with Crippen molar-refractivity contribution in [3.8, 4) is 11.8 Å². The first kappa shape index (κ1) is 22.5. The van der Waals surface area contributed by atoms with Gasteiger partial charge in [-0.3, -0.25) is 4.79 Å². The van der Waals surface area contributed by atoms with Crippen LogP contribution in [-0.2, 0) is 4.79 Å². The average molecular weight is 518 g/mol. The second kappa shape index (κ2) is 8.65. The maximum absolute atomic E-state index is 12.2. The number of aromatic nitrogens is 4. The third-order valence-electron chi connectivity index (χ3n) is 5.78. The Kier molecular flexibility index (Phi) is 6.07. The molecule has 2 heterocycles. The van der Waals surface area contributed by atoms with Crippen LogP contribution in [0.15, 0.2) is 29.0 Å². The molecule has 3 aromatic rings. The Hall–Kier alpha value is -2.74. The third-order valence-corrected chi connectivity index (χ3v) is 6.58. The van der Waals surface area contributed by atoms with E-state index in [9.17, 15) is 10.1 Å². The van der Waals surface area contributed by atoms with E-state index in [0.29, 0.717) is 40.5 Å². The number of rotatable bonds is 5. The van der Waals surface area contributed by atoms with Crippen molar-refractivity contribution < 1.29 is 4.79 Å². The lowest BCUT2D eigenvalue weighted by Gasteiger charge is -2.19. The van der Waals surface area contributed by atoms with E-state index in [1.165, 1.54) is 0 Å². The van der Waals surface area contributed by atoms with Crippen LogP contribution in [-0.4, -0.2) is 38.7 Å². The monoisotopic (exact) mass is 516 g/mol. The van der Waals surface area contributed by atoms with E-state index in [1.54, 1.807) is 24.0 Å². The molecule has 4 rings (SSSR count). The number of nitrogens with zero attached hydrogens (tertiary/aromatic N) is 5. The summed E-state index contributed by atoms with van der Waals surface area (Å²) in [6.07, 6.45) is 3.21. The first-order valence-corrected chi connectivity index (χ1v) is 11.3. The van der Waals surface area contributed by atoms with E-state index in [4.69, 9.17) is 17.3 Å². The Balaban J connectivity index is 1.67. The molecule has 1 unspecified atom stereocenters. The summed E-state index contributed by atoms with van der Waals surface area (Å²) in [6.45, 7) is 1.89. The number of hydrogen-bond donors (Lipinski definition) is 3. The van der Waals surface area contributed by atoms with Gasteiger partial charge in [0.25, 0.3) is 0 Å². The third kappa shape index (κ3) is 4.03. The highest BCUT2D eigenvalue weighted by atomic mass is 79.9. The zero-order valence-corrected chi connectivity index (χ0v) is 19.9. The molecule has 1 saturated carbocycles. The van der Waals surface area contributed by atoms with Crippen molar-refractivity contribution >= 4 is 50.4 Å². The second-order valence-electron chi connectivity index (χ2n) is 8.02. The molecule has 0 bridgehead atoms. The van der Waals surface area contributed by atoms with Crippen molar-refractivity contribution in [2.45, 2.75) is 38.3 Å². The molecule has 166 valence electrons. The minimum atomic E-state index is -1.03. The van der Waals surface area contributed by atoms with E-state index in [2.05, 4.69) is 47.7 Å². The predicted octanol–water partition coefficient (Wildman–Crippen LogP) is 3.47. The maximum atomic E-state index is 12.2. The lowest BCUT2D eigenvalue weighted by molar-refractivity contribution is -0.127. The summed E-state index contributed by atoms with van der Waals surface area (Å²) in [4.78, 5) is 21.3. The first-order chi connectivity index (χ1) is 15.3. The highest BCUT2D eigenvalue weighted by Gasteiger charge is 2.45. The fourth-order valence-electron chi connectivity index (χ4n) is 4.05. The Labute approximate surface area is 198 Å². The maximum Gasteiger partial charge on any atom is 0.240 e. The van der Waals surface area contributed by atoms with Crippen LogP contribution in [0.4, 0.5) is 5.95 Å². The number of halogens is 2. The van der Waals surface area contributed by atoms with Crippen molar-refractivity contribution in [3.63, 3.8) is 0 Å². The minimum absolute atomic E-state index is 0.0972. The van der Waals surface area contributed by atoms with Crippen molar-refractivity contribution in [3.05, 3.63) is 39.6 Å². The summed E-state index contributed by atoms with van der Waals surface area (Å²) < 4.78 is 2.29. The molecule has 0 radical (unpaired) electrons. The average Bonchev–Trinajstić information content (AvgIpc) is 3.34. The molecule has 1 amide bonds. The molecular formula is C21H22BrClN8O. The van der Waals surface area contributed by atoms with E-state index >= 15 is 0 Å². The number of amides is 1. The van der Waals surface area contributed by atoms with Crippen LogP contribution in [0.1, 0.15) is 37.8 Å². The zero-order valence-electron chi connectivity index (χ0n) is 17.6. The van der Waals surface area contributed by atoms with Gasteiger partial charge in [-0.15, -0.1) is 0 Å². The number of nitrogens with two attached hydrogens (primary N) is 1. The summed E-state index contributed by atoms with van der Waals surface area (Å²) in [7, 11) is 1.55. The van der Waals surface area contributed by atoms with E-state index in [0.717, 1.165) is 16.6 Å². The highest BCUT2D eigenvalue weighted by Crippen LogP contribution is 2.39. The molecule has 0 saturated heterocycles. The molecule has 0 aliphatic heterocycles. The Morgan fingerprint density at radius 3 is 2.94 bits per heavy atom. The van der Waals surface area contributed by atoms with Crippen LogP contribution in [0.5, 0.6) is 0 Å². The lowest BCUT2D eigenvalue weighted by Crippen LogP contribution is -2.37. The highest BCUT2D eigenvalue weighted by molar-refractivity contribution is 9.10. The smallest absolute Gasteiger partial charge is 0.240 e. The molecule has 32 heavy (non-hydrogen) atoms. The molecule has 0 spiro atoms. The molecule has 1 aliphatic rings. The van der Waals surface area contributed by atoms with Crippen LogP contribution in [0.25, 0.3) is 16.7 Å². The van der Waals surface area contributed by atoms with E-state index in [-0.39, 0.29) is 18.0 Å². The summed E-state index contributed by atoms with van der Waals surface area (Å²) in [6, 6.07) is 7.45. The summed E-state index contributed by atoms with van der Waals surface area (Å²) in [5.41, 5.74) is 7.21. The number of anilines is 1. The molecule has 2 aromatic heterocycles. The van der Waals surface area contributed by atoms with Gasteiger partial charge < -0.3 is 16.4 Å². The fraction of sp³-hybridized carbons (Fsp3) is 0.381. The zero-order chi connectivity index (χ0) is 23.0. The summed E-state index contributed by atoms with van der Waals surface area (Å²) in [5.74, 6) is 0.143. The summed E-state index contributed by atoms with van der Waals surface area (Å²) in [5, 5.41) is 21.3. The van der Waals surface area contributed by atoms with Crippen molar-refractivity contribution in [1.29, 1.82) is 5.26 Å². The van der Waals surface area contributed by atoms with Crippen LogP contribution >= 0.6 is 27.5 Å². The van der Waals surface area contributed by atoms with Gasteiger partial charge in [-0.1, -0.05) is 11.6 Å². The number of benzene rings is 1. The molecule has 1 aromatic carbocycles. The minimum Gasteiger partial charge on any atom is -0.358 e. The SMILES string of the molecule is CNC(=O)C1(C#N)CC[C@@H](Nc2ncc3c(Br)nn(-c4cc(Cl)cc([C@H](C)N)c4)c3n2)C1. The fourth-order valence-corrected chi connectivity index (χ4v) is 4.72. The van der Waals surface area contributed by atoms with Crippen LogP contribution < -0.4 is 16.4 Å². The first-order valence-electron chi connectivity index (χ1n) is 10.1. The molecule has 3 atom stereocenters. The molecule has 4 N–H and O–H groups in total. The Bertz CT molecular complexity index is 1240. The molecule has 11 heteroatoms. The van der Waals surface area contributed by atoms with Gasteiger partial charge in [-0.05, 0) is 65.9 Å². The quantitative estimate of drug-likeness (QED) is 0.471. The number of hydrogen-bond acceptors (Lipinski definition) is 7. The van der Waals surface area contributed by atoms with Gasteiger partial charge in [-0.25, -0.2) is 9.67 Å². The number of nitriles is 1. The Morgan fingerprint density at radius 1 is 1.47 bits per heavy atom. The van der Waals surface area contributed by atoms with Gasteiger partial charge in [0.1, 0.15) is 10.0 Å². The topological polar surface area (TPSA) is 135 Å². The van der Waals surface area contributed by atoms with Gasteiger partial charge in [0, 0.05) is 30.4 Å². The van der Waals surface area contributed by atoms with Crippen LogP contribution in [0.2, 0.25) is 5.02 Å². The second-order valence-corrected chi connectivity index (χ2v) is 9.21. The standard InChI is InChI=1S/C21H22BrClN8O/c1-11(25)12-5-13(23)7-15(6-12)31-18-16(17(22)30-31)9-27-20(29-18)28-14-3-4-21(8-14,10-24)19(32)26-2/h5-7,9,11,14H,3-4,8,25H2,1-2H3,(H,26,32)(H,27,28,29)/t11-,14+,21?/m0/s1. The normalized spacial score (nSPS) is 21.3. The number of carbonyl (C=O) groups excluding carboxylic acids is 1. The summed E-state index contributed by atoms with van der Waals surface area (Å²) >= 11 is 9.78. The van der Waals surface area contributed by atoms with Gasteiger partial charge in [0.2, 0.25) is 11.9 Å². The van der Waals surface area contributed by atoms with Gasteiger partial charge in [-0.2, -0.15) is 15.3 Å². The predicted molar refractivity (Wildman–Crippen MR) is 125 cm³/mol. The molecule has 1 fully saturated rings. The number of fused-ring (bicyclic) bond motifs is 1. The number of carbonyl (C=O) groups is 1. The van der Waals surface area contributed by atoms with Crippen molar-refractivity contribution in [1.82, 2.24) is 25.1 Å². The molecule has 1 aliphatic carbocycles. The van der Waals surface area contributed by atoms with Gasteiger partial charge >= 0.3 is 0 Å². The Morgan fingerprint density at radius 2 is 2.25 bits per heavy atom. The van der Waals surface area contributed by atoms with Crippen LogP contribution in [0.3, 0.4) is 0 Å². The largest absolute Gasteiger partial charge is 0.358 e. The van der Waals surface area contributed by atoms with Gasteiger partial charge in [0.05, 0.1) is 17.1 Å².